The van der Waals surface area contributed by atoms with Crippen LogP contribution >= 0.6 is 0 Å². The molecule has 0 radical (unpaired) electrons. The predicted octanol–water partition coefficient (Wildman–Crippen LogP) is 3.47. The van der Waals surface area contributed by atoms with Crippen molar-refractivity contribution in [1.29, 1.82) is 0 Å². The topological polar surface area (TPSA) is 82.2 Å². The fourth-order valence-corrected chi connectivity index (χ4v) is 3.23. The molecule has 8 nitrogen and oxygen atoms in total. The Morgan fingerprint density at radius 1 is 1.10 bits per heavy atom. The van der Waals surface area contributed by atoms with Gasteiger partial charge in [0.15, 0.2) is 0 Å². The molecule has 3 aromatic heterocycles. The number of hydrogen-bond donors (Lipinski definition) is 1. The number of hydrogen-bond acceptors (Lipinski definition) is 6. The summed E-state index contributed by atoms with van der Waals surface area (Å²) in [6, 6.07) is 11.6. The van der Waals surface area contributed by atoms with Crippen LogP contribution in [-0.4, -0.2) is 31.2 Å². The van der Waals surface area contributed by atoms with Crippen molar-refractivity contribution in [2.24, 2.45) is 12.0 Å². The van der Waals surface area contributed by atoms with Crippen LogP contribution in [0.4, 0.5) is 5.69 Å². The van der Waals surface area contributed by atoms with Crippen molar-refractivity contribution in [2.75, 3.05) is 12.4 Å². The van der Waals surface area contributed by atoms with Crippen molar-refractivity contribution in [3.63, 3.8) is 0 Å². The van der Waals surface area contributed by atoms with Crippen LogP contribution in [0.25, 0.3) is 16.9 Å². The summed E-state index contributed by atoms with van der Waals surface area (Å²) >= 11 is 0. The van der Waals surface area contributed by atoms with Crippen molar-refractivity contribution in [2.45, 2.75) is 6.92 Å². The molecule has 0 spiro atoms. The van der Waals surface area contributed by atoms with E-state index in [0.717, 1.165) is 28.3 Å². The third-order valence-corrected chi connectivity index (χ3v) is 4.75. The van der Waals surface area contributed by atoms with E-state index < -0.39 is 0 Å². The maximum Gasteiger partial charge on any atom is 0.231 e. The average Bonchev–Trinajstić information content (AvgIpc) is 3.21. The molecule has 8 heteroatoms. The lowest BCUT2D eigenvalue weighted by molar-refractivity contribution is 0.413. The van der Waals surface area contributed by atoms with Crippen molar-refractivity contribution >= 4 is 5.69 Å². The summed E-state index contributed by atoms with van der Waals surface area (Å²) < 4.78 is 9.40. The first kappa shape index (κ1) is 20.1. The molecule has 3 heterocycles. The summed E-state index contributed by atoms with van der Waals surface area (Å²) in [7, 11) is 3.56. The van der Waals surface area contributed by atoms with Crippen LogP contribution < -0.4 is 15.7 Å². The number of imidazole rings is 1. The van der Waals surface area contributed by atoms with Crippen molar-refractivity contribution in [3.05, 3.63) is 91.2 Å². The van der Waals surface area contributed by atoms with Crippen LogP contribution in [0.3, 0.4) is 0 Å². The molecule has 1 aromatic carbocycles. The highest BCUT2D eigenvalue weighted by molar-refractivity contribution is 5.60. The molecule has 0 amide bonds. The summed E-state index contributed by atoms with van der Waals surface area (Å²) in [6.07, 6.45) is 8.95. The Labute approximate surface area is 180 Å². The first-order valence-electron chi connectivity index (χ1n) is 9.67. The summed E-state index contributed by atoms with van der Waals surface area (Å²) in [4.78, 5) is 17.3. The van der Waals surface area contributed by atoms with Crippen molar-refractivity contribution < 1.29 is 4.74 Å². The lowest BCUT2D eigenvalue weighted by Crippen LogP contribution is -2.23. The molecule has 0 aliphatic rings. The smallest absolute Gasteiger partial charge is 0.231 e. The van der Waals surface area contributed by atoms with Gasteiger partial charge in [-0.2, -0.15) is 4.99 Å². The van der Waals surface area contributed by atoms with Crippen LogP contribution in [0.5, 0.6) is 5.75 Å². The quantitative estimate of drug-likeness (QED) is 0.523. The molecule has 0 aliphatic carbocycles. The van der Waals surface area contributed by atoms with E-state index in [2.05, 4.69) is 31.8 Å². The minimum Gasteiger partial charge on any atom is -0.494 e. The van der Waals surface area contributed by atoms with E-state index in [0.29, 0.717) is 17.2 Å². The monoisotopic (exact) mass is 413 g/mol. The number of benzene rings is 1. The molecule has 0 saturated carbocycles. The van der Waals surface area contributed by atoms with Crippen molar-refractivity contribution in [1.82, 2.24) is 24.1 Å². The molecule has 4 aromatic rings. The fraction of sp³-hybridized carbons (Fsp3) is 0.130. The Hall–Kier alpha value is -4.20. The Bertz CT molecular complexity index is 1290. The maximum atomic E-state index is 5.56. The Kier molecular flexibility index (Phi) is 5.61. The number of anilines is 1. The van der Waals surface area contributed by atoms with Gasteiger partial charge in [-0.15, -0.1) is 0 Å². The van der Waals surface area contributed by atoms with Crippen LogP contribution in [0.2, 0.25) is 0 Å². The largest absolute Gasteiger partial charge is 0.494 e. The van der Waals surface area contributed by atoms with Gasteiger partial charge in [0.05, 0.1) is 30.5 Å². The maximum absolute atomic E-state index is 5.56. The number of aryl methyl sites for hydroxylation is 1. The van der Waals surface area contributed by atoms with Gasteiger partial charge in [0.2, 0.25) is 5.62 Å². The molecule has 0 atom stereocenters. The Morgan fingerprint density at radius 2 is 1.90 bits per heavy atom. The lowest BCUT2D eigenvalue weighted by atomic mass is 10.2. The SMILES string of the molecule is C=C(N=c1nccc(-c2ccncc2)n1C)Nc1ccc(-n2cnc(C)c2)c(OC)c1. The van der Waals surface area contributed by atoms with Gasteiger partial charge >= 0.3 is 0 Å². The number of nitrogens with zero attached hydrogens (tertiary/aromatic N) is 6. The summed E-state index contributed by atoms with van der Waals surface area (Å²) in [5.74, 6) is 1.17. The van der Waals surface area contributed by atoms with Crippen LogP contribution in [0, 0.1) is 6.92 Å². The van der Waals surface area contributed by atoms with E-state index in [1.165, 1.54) is 0 Å². The number of rotatable bonds is 6. The van der Waals surface area contributed by atoms with Gasteiger partial charge in [-0.05, 0) is 37.3 Å². The molecular formula is C23H23N7O. The van der Waals surface area contributed by atoms with E-state index in [1.807, 2.05) is 65.7 Å². The van der Waals surface area contributed by atoms with Crippen LogP contribution in [0.15, 0.2) is 84.9 Å². The van der Waals surface area contributed by atoms with Gasteiger partial charge in [0.1, 0.15) is 11.6 Å². The third kappa shape index (κ3) is 4.37. The molecule has 31 heavy (non-hydrogen) atoms. The molecule has 0 fully saturated rings. The zero-order chi connectivity index (χ0) is 21.8. The first-order valence-corrected chi connectivity index (χ1v) is 9.67. The Balaban J connectivity index is 1.60. The van der Waals surface area contributed by atoms with Gasteiger partial charge < -0.3 is 19.2 Å². The number of methoxy groups -OCH3 is 1. The molecule has 0 aliphatic heterocycles. The second-order valence-corrected chi connectivity index (χ2v) is 6.92. The van der Waals surface area contributed by atoms with E-state index in [9.17, 15) is 0 Å². The van der Waals surface area contributed by atoms with Crippen LogP contribution in [-0.2, 0) is 7.05 Å². The van der Waals surface area contributed by atoms with Crippen molar-refractivity contribution in [3.8, 4) is 22.7 Å². The van der Waals surface area contributed by atoms with E-state index in [-0.39, 0.29) is 0 Å². The highest BCUT2D eigenvalue weighted by Gasteiger charge is 2.08. The first-order chi connectivity index (χ1) is 15.0. The normalized spacial score (nSPS) is 11.4. The number of ether oxygens (including phenoxy) is 1. The molecule has 156 valence electrons. The van der Waals surface area contributed by atoms with Gasteiger partial charge in [-0.25, -0.2) is 9.97 Å². The summed E-state index contributed by atoms with van der Waals surface area (Å²) in [6.45, 7) is 5.98. The number of aromatic nitrogens is 5. The molecule has 0 unspecified atom stereocenters. The minimum absolute atomic E-state index is 0.461. The predicted molar refractivity (Wildman–Crippen MR) is 120 cm³/mol. The van der Waals surface area contributed by atoms with Crippen LogP contribution in [0.1, 0.15) is 5.69 Å². The second-order valence-electron chi connectivity index (χ2n) is 6.92. The average molecular weight is 413 g/mol. The zero-order valence-electron chi connectivity index (χ0n) is 17.6. The summed E-state index contributed by atoms with van der Waals surface area (Å²) in [5.41, 5.74) is 5.18. The molecule has 0 bridgehead atoms. The fourth-order valence-electron chi connectivity index (χ4n) is 3.23. The second kappa shape index (κ2) is 8.66. The van der Waals surface area contributed by atoms with E-state index in [1.54, 1.807) is 32.0 Å². The molecule has 1 N–H and O–H groups in total. The minimum atomic E-state index is 0.461. The zero-order valence-corrected chi connectivity index (χ0v) is 17.6. The number of pyridine rings is 1. The Morgan fingerprint density at radius 3 is 2.61 bits per heavy atom. The molecule has 0 saturated heterocycles. The van der Waals surface area contributed by atoms with Gasteiger partial charge in [0.25, 0.3) is 0 Å². The number of nitrogens with one attached hydrogen (secondary N) is 1. The van der Waals surface area contributed by atoms with Gasteiger partial charge in [0, 0.05) is 49.2 Å². The van der Waals surface area contributed by atoms with Gasteiger partial charge in [-0.3, -0.25) is 4.98 Å². The van der Waals surface area contributed by atoms with Gasteiger partial charge in [-0.1, -0.05) is 6.58 Å². The lowest BCUT2D eigenvalue weighted by Gasteiger charge is -2.13. The van der Waals surface area contributed by atoms with E-state index in [4.69, 9.17) is 4.74 Å². The molecule has 4 rings (SSSR count). The third-order valence-electron chi connectivity index (χ3n) is 4.75. The van der Waals surface area contributed by atoms with E-state index >= 15 is 0 Å². The standard InChI is InChI=1S/C23H23N7O/c1-16-14-30(15-26-16)21-6-5-19(13-22(21)31-4)27-17(2)28-23-25-12-9-20(29(23)3)18-7-10-24-11-8-18/h5-15,27H,2H2,1,3-4H3. The molecular weight excluding hydrogens is 390 g/mol. The highest BCUT2D eigenvalue weighted by atomic mass is 16.5. The summed E-state index contributed by atoms with van der Waals surface area (Å²) in [5, 5.41) is 3.21. The highest BCUT2D eigenvalue weighted by Crippen LogP contribution is 2.27.